The summed E-state index contributed by atoms with van der Waals surface area (Å²) in [6.45, 7) is 0.886. The molecule has 0 aliphatic heterocycles. The van der Waals surface area contributed by atoms with Crippen LogP contribution in [0, 0.1) is 0 Å². The summed E-state index contributed by atoms with van der Waals surface area (Å²) < 4.78 is 2.10. The number of nitrogens with zero attached hydrogens (tertiary/aromatic N) is 2. The number of hydrogen-bond acceptors (Lipinski definition) is 2. The molecule has 1 aliphatic rings. The van der Waals surface area contributed by atoms with E-state index in [9.17, 15) is 0 Å². The molecular weight excluding hydrogens is 210 g/mol. The first-order valence-electron chi connectivity index (χ1n) is 6.20. The topological polar surface area (TPSA) is 29.9 Å². The molecule has 1 aliphatic carbocycles. The van der Waals surface area contributed by atoms with Crippen LogP contribution in [0.2, 0.25) is 0 Å². The Hall–Kier alpha value is -1.61. The molecule has 0 radical (unpaired) electrons. The fraction of sp³-hybridized carbons (Fsp3) is 0.357. The second-order valence-electron chi connectivity index (χ2n) is 4.50. The Morgan fingerprint density at radius 3 is 2.82 bits per heavy atom. The summed E-state index contributed by atoms with van der Waals surface area (Å²) in [4.78, 5) is 0. The summed E-state index contributed by atoms with van der Waals surface area (Å²) in [5, 5.41) is 8.01. The number of aromatic nitrogens is 2. The maximum atomic E-state index is 4.76. The van der Waals surface area contributed by atoms with Crippen LogP contribution in [0.25, 0.3) is 5.69 Å². The number of fused-ring (bicyclic) bond motifs is 1. The maximum Gasteiger partial charge on any atom is 0.0664 e. The Kier molecular flexibility index (Phi) is 2.69. The first-order valence-corrected chi connectivity index (χ1v) is 6.20. The van der Waals surface area contributed by atoms with E-state index in [1.54, 1.807) is 0 Å². The second kappa shape index (κ2) is 4.34. The molecule has 1 heterocycles. The molecule has 1 aromatic heterocycles. The van der Waals surface area contributed by atoms with Crippen molar-refractivity contribution in [1.29, 1.82) is 0 Å². The molecule has 17 heavy (non-hydrogen) atoms. The van der Waals surface area contributed by atoms with Gasteiger partial charge in [-0.2, -0.15) is 5.10 Å². The molecule has 1 aromatic carbocycles. The summed E-state index contributed by atoms with van der Waals surface area (Å²) in [7, 11) is 1.99. The molecule has 1 N–H and O–H groups in total. The largest absolute Gasteiger partial charge is 0.314 e. The third kappa shape index (κ3) is 1.76. The summed E-state index contributed by atoms with van der Waals surface area (Å²) in [6, 6.07) is 10.4. The van der Waals surface area contributed by atoms with E-state index in [4.69, 9.17) is 5.10 Å². The summed E-state index contributed by atoms with van der Waals surface area (Å²) in [5.74, 6) is 0. The molecule has 0 fully saturated rings. The van der Waals surface area contributed by atoms with Gasteiger partial charge in [-0.25, -0.2) is 4.68 Å². The molecule has 3 nitrogen and oxygen atoms in total. The minimum Gasteiger partial charge on any atom is -0.314 e. The van der Waals surface area contributed by atoms with Crippen LogP contribution in [0.4, 0.5) is 0 Å². The van der Waals surface area contributed by atoms with Crippen molar-refractivity contribution >= 4 is 0 Å². The van der Waals surface area contributed by atoms with Gasteiger partial charge in [0.25, 0.3) is 0 Å². The molecule has 0 spiro atoms. The van der Waals surface area contributed by atoms with Crippen LogP contribution in [0.1, 0.15) is 23.4 Å². The van der Waals surface area contributed by atoms with Crippen molar-refractivity contribution < 1.29 is 0 Å². The zero-order chi connectivity index (χ0) is 11.7. The van der Waals surface area contributed by atoms with Crippen molar-refractivity contribution in [3.8, 4) is 5.69 Å². The van der Waals surface area contributed by atoms with Crippen molar-refractivity contribution in [3.63, 3.8) is 0 Å². The zero-order valence-corrected chi connectivity index (χ0v) is 10.1. The highest BCUT2D eigenvalue weighted by atomic mass is 15.3. The molecule has 0 saturated heterocycles. The van der Waals surface area contributed by atoms with E-state index < -0.39 is 0 Å². The van der Waals surface area contributed by atoms with Crippen LogP contribution < -0.4 is 5.32 Å². The Labute approximate surface area is 101 Å². The predicted molar refractivity (Wildman–Crippen MR) is 68.4 cm³/mol. The highest BCUT2D eigenvalue weighted by molar-refractivity contribution is 5.39. The van der Waals surface area contributed by atoms with E-state index in [-0.39, 0.29) is 0 Å². The lowest BCUT2D eigenvalue weighted by Crippen LogP contribution is -2.12. The van der Waals surface area contributed by atoms with Crippen molar-refractivity contribution in [2.45, 2.75) is 25.8 Å². The van der Waals surface area contributed by atoms with Gasteiger partial charge in [0.1, 0.15) is 0 Å². The average Bonchev–Trinajstić information content (AvgIpc) is 2.93. The van der Waals surface area contributed by atoms with Gasteiger partial charge in [-0.15, -0.1) is 0 Å². The lowest BCUT2D eigenvalue weighted by molar-refractivity contribution is 0.703. The van der Waals surface area contributed by atoms with Gasteiger partial charge in [-0.1, -0.05) is 18.2 Å². The van der Waals surface area contributed by atoms with E-state index in [1.807, 2.05) is 13.1 Å². The highest BCUT2D eigenvalue weighted by Crippen LogP contribution is 2.26. The number of para-hydroxylation sites is 1. The Balaban J connectivity index is 2.11. The van der Waals surface area contributed by atoms with Gasteiger partial charge in [0.15, 0.2) is 0 Å². The van der Waals surface area contributed by atoms with Crippen molar-refractivity contribution in [2.24, 2.45) is 0 Å². The Morgan fingerprint density at radius 2 is 2.06 bits per heavy atom. The molecule has 0 atom stereocenters. The molecular formula is C14H17N3. The molecule has 0 bridgehead atoms. The SMILES string of the molecule is CNCc1c2c(nn1-c1ccccc1)CCC2. The number of rotatable bonds is 3. The maximum absolute atomic E-state index is 4.76. The molecule has 3 heteroatoms. The predicted octanol–water partition coefficient (Wildman–Crippen LogP) is 2.08. The molecule has 0 unspecified atom stereocenters. The van der Waals surface area contributed by atoms with Crippen LogP contribution >= 0.6 is 0 Å². The molecule has 0 saturated carbocycles. The second-order valence-corrected chi connectivity index (χ2v) is 4.50. The van der Waals surface area contributed by atoms with Crippen molar-refractivity contribution in [2.75, 3.05) is 7.05 Å². The monoisotopic (exact) mass is 227 g/mol. The van der Waals surface area contributed by atoms with E-state index in [1.165, 1.54) is 29.8 Å². The van der Waals surface area contributed by atoms with Gasteiger partial charge in [0.2, 0.25) is 0 Å². The van der Waals surface area contributed by atoms with Crippen LogP contribution in [0.15, 0.2) is 30.3 Å². The van der Waals surface area contributed by atoms with Crippen LogP contribution in [-0.4, -0.2) is 16.8 Å². The third-order valence-electron chi connectivity index (χ3n) is 3.36. The average molecular weight is 227 g/mol. The van der Waals surface area contributed by atoms with E-state index in [2.05, 4.69) is 34.3 Å². The number of benzene rings is 1. The summed E-state index contributed by atoms with van der Waals surface area (Å²) >= 11 is 0. The lowest BCUT2D eigenvalue weighted by Gasteiger charge is -2.08. The normalized spacial score (nSPS) is 13.9. The molecule has 3 rings (SSSR count). The minimum atomic E-state index is 0.886. The van der Waals surface area contributed by atoms with Gasteiger partial charge in [0.05, 0.1) is 17.1 Å². The fourth-order valence-electron chi connectivity index (χ4n) is 2.59. The van der Waals surface area contributed by atoms with Gasteiger partial charge >= 0.3 is 0 Å². The lowest BCUT2D eigenvalue weighted by atomic mass is 10.2. The summed E-state index contributed by atoms with van der Waals surface area (Å²) in [5.41, 5.74) is 5.24. The van der Waals surface area contributed by atoms with Gasteiger partial charge in [-0.05, 0) is 44.0 Å². The van der Waals surface area contributed by atoms with Crippen LogP contribution in [0.3, 0.4) is 0 Å². The van der Waals surface area contributed by atoms with E-state index in [0.717, 1.165) is 18.7 Å². The Bertz CT molecular complexity index is 514. The first kappa shape index (κ1) is 10.5. The molecule has 2 aromatic rings. The van der Waals surface area contributed by atoms with Crippen LogP contribution in [0.5, 0.6) is 0 Å². The minimum absolute atomic E-state index is 0.886. The van der Waals surface area contributed by atoms with Crippen LogP contribution in [-0.2, 0) is 19.4 Å². The quantitative estimate of drug-likeness (QED) is 0.870. The summed E-state index contributed by atoms with van der Waals surface area (Å²) in [6.07, 6.45) is 3.56. The molecule has 0 amide bonds. The number of nitrogens with one attached hydrogen (secondary N) is 1. The van der Waals surface area contributed by atoms with Crippen molar-refractivity contribution in [3.05, 3.63) is 47.3 Å². The van der Waals surface area contributed by atoms with Crippen molar-refractivity contribution in [1.82, 2.24) is 15.1 Å². The van der Waals surface area contributed by atoms with E-state index in [0.29, 0.717) is 0 Å². The number of aryl methyl sites for hydroxylation is 1. The third-order valence-corrected chi connectivity index (χ3v) is 3.36. The van der Waals surface area contributed by atoms with Gasteiger partial charge < -0.3 is 5.32 Å². The smallest absolute Gasteiger partial charge is 0.0664 e. The Morgan fingerprint density at radius 1 is 1.24 bits per heavy atom. The van der Waals surface area contributed by atoms with E-state index >= 15 is 0 Å². The highest BCUT2D eigenvalue weighted by Gasteiger charge is 2.21. The van der Waals surface area contributed by atoms with Gasteiger partial charge in [0, 0.05) is 6.54 Å². The zero-order valence-electron chi connectivity index (χ0n) is 10.1. The first-order chi connectivity index (χ1) is 8.40. The standard InChI is InChI=1S/C14H17N3/c1-15-10-14-12-8-5-9-13(12)16-17(14)11-6-3-2-4-7-11/h2-4,6-7,15H,5,8-10H2,1H3. The fourth-order valence-corrected chi connectivity index (χ4v) is 2.59. The van der Waals surface area contributed by atoms with Gasteiger partial charge in [-0.3, -0.25) is 0 Å². The molecule has 88 valence electrons. The number of hydrogen-bond donors (Lipinski definition) is 1.